The van der Waals surface area contributed by atoms with Crippen molar-refractivity contribution in [2.75, 3.05) is 13.2 Å². The van der Waals surface area contributed by atoms with Crippen molar-refractivity contribution in [2.24, 2.45) is 0 Å². The van der Waals surface area contributed by atoms with Crippen molar-refractivity contribution in [3.8, 4) is 0 Å². The predicted molar refractivity (Wildman–Crippen MR) is 111 cm³/mol. The summed E-state index contributed by atoms with van der Waals surface area (Å²) in [6.07, 6.45) is 2.81. The number of aromatic nitrogens is 2. The van der Waals surface area contributed by atoms with E-state index in [0.29, 0.717) is 18.2 Å². The van der Waals surface area contributed by atoms with E-state index in [-0.39, 0.29) is 22.8 Å². The monoisotopic (exact) mass is 409 g/mol. The number of rotatable bonds is 7. The number of nitrogens with zero attached hydrogens (tertiary/aromatic N) is 2. The molecule has 27 heavy (non-hydrogen) atoms. The highest BCUT2D eigenvalue weighted by atomic mass is 32.2. The van der Waals surface area contributed by atoms with Crippen LogP contribution in [0.2, 0.25) is 0 Å². The van der Waals surface area contributed by atoms with E-state index < -0.39 is 0 Å². The number of hydrogen-bond donors (Lipinski definition) is 1. The molecule has 2 atom stereocenters. The van der Waals surface area contributed by atoms with E-state index in [1.54, 1.807) is 15.9 Å². The SMILES string of the molecule is CCNC(=O)[C@@H](C)Sc1nc2sc(C)c(CC)c2c(=O)n1C[C@@H]1CCCO1. The van der Waals surface area contributed by atoms with E-state index in [9.17, 15) is 9.59 Å². The Kier molecular flexibility index (Phi) is 6.60. The van der Waals surface area contributed by atoms with Gasteiger partial charge in [0.25, 0.3) is 5.56 Å². The van der Waals surface area contributed by atoms with E-state index in [4.69, 9.17) is 9.72 Å². The third kappa shape index (κ3) is 4.22. The van der Waals surface area contributed by atoms with Crippen molar-refractivity contribution in [1.82, 2.24) is 14.9 Å². The zero-order valence-corrected chi connectivity index (χ0v) is 18.0. The summed E-state index contributed by atoms with van der Waals surface area (Å²) in [6, 6.07) is 0. The van der Waals surface area contributed by atoms with Crippen molar-refractivity contribution in [3.05, 3.63) is 20.8 Å². The number of carbonyl (C=O) groups is 1. The third-order valence-electron chi connectivity index (χ3n) is 4.84. The molecule has 1 saturated heterocycles. The summed E-state index contributed by atoms with van der Waals surface area (Å²) in [7, 11) is 0. The Morgan fingerprint density at radius 2 is 2.26 bits per heavy atom. The fourth-order valence-electron chi connectivity index (χ4n) is 3.43. The Morgan fingerprint density at radius 1 is 1.48 bits per heavy atom. The molecule has 8 heteroatoms. The molecule has 1 aliphatic rings. The van der Waals surface area contributed by atoms with Gasteiger partial charge in [-0.3, -0.25) is 14.2 Å². The van der Waals surface area contributed by atoms with Gasteiger partial charge in [0.2, 0.25) is 5.91 Å². The van der Waals surface area contributed by atoms with Gasteiger partial charge in [0, 0.05) is 18.0 Å². The predicted octanol–water partition coefficient (Wildman–Crippen LogP) is 3.12. The van der Waals surface area contributed by atoms with Gasteiger partial charge < -0.3 is 10.1 Å². The van der Waals surface area contributed by atoms with Crippen LogP contribution in [0.1, 0.15) is 44.1 Å². The van der Waals surface area contributed by atoms with Crippen molar-refractivity contribution in [1.29, 1.82) is 0 Å². The largest absolute Gasteiger partial charge is 0.376 e. The lowest BCUT2D eigenvalue weighted by Crippen LogP contribution is -2.33. The van der Waals surface area contributed by atoms with Gasteiger partial charge in [-0.25, -0.2) is 4.98 Å². The second kappa shape index (κ2) is 8.75. The smallest absolute Gasteiger partial charge is 0.263 e. The molecule has 1 N–H and O–H groups in total. The van der Waals surface area contributed by atoms with E-state index in [1.165, 1.54) is 11.8 Å². The molecule has 2 aromatic rings. The van der Waals surface area contributed by atoms with Crippen LogP contribution in [0.5, 0.6) is 0 Å². The van der Waals surface area contributed by atoms with Gasteiger partial charge >= 0.3 is 0 Å². The number of thioether (sulfide) groups is 1. The fraction of sp³-hybridized carbons (Fsp3) is 0.632. The van der Waals surface area contributed by atoms with Crippen LogP contribution in [-0.2, 0) is 22.5 Å². The average Bonchev–Trinajstić information content (AvgIpc) is 3.25. The van der Waals surface area contributed by atoms with Gasteiger partial charge in [-0.1, -0.05) is 18.7 Å². The van der Waals surface area contributed by atoms with Crippen LogP contribution in [0.4, 0.5) is 0 Å². The van der Waals surface area contributed by atoms with Gasteiger partial charge in [-0.15, -0.1) is 11.3 Å². The van der Waals surface area contributed by atoms with Crippen molar-refractivity contribution in [3.63, 3.8) is 0 Å². The lowest BCUT2D eigenvalue weighted by Gasteiger charge is -2.18. The maximum atomic E-state index is 13.4. The standard InChI is InChI=1S/C19H27N3O3S2/c1-5-14-11(3)26-17-15(14)18(24)22(10-13-8-7-9-25-13)19(21-17)27-12(4)16(23)20-6-2/h12-13H,5-10H2,1-4H3,(H,20,23)/t12-,13+/m1/s1. The zero-order valence-electron chi connectivity index (χ0n) is 16.3. The summed E-state index contributed by atoms with van der Waals surface area (Å²) >= 11 is 2.90. The number of amides is 1. The first-order valence-corrected chi connectivity index (χ1v) is 11.2. The first-order chi connectivity index (χ1) is 13.0. The molecule has 148 valence electrons. The van der Waals surface area contributed by atoms with Crippen molar-refractivity contribution in [2.45, 2.75) is 70.0 Å². The zero-order chi connectivity index (χ0) is 19.6. The van der Waals surface area contributed by atoms with E-state index in [1.807, 2.05) is 20.8 Å². The first kappa shape index (κ1) is 20.4. The normalized spacial score (nSPS) is 18.1. The summed E-state index contributed by atoms with van der Waals surface area (Å²) < 4.78 is 7.48. The lowest BCUT2D eigenvalue weighted by molar-refractivity contribution is -0.120. The van der Waals surface area contributed by atoms with E-state index in [2.05, 4.69) is 12.2 Å². The van der Waals surface area contributed by atoms with Gasteiger partial charge in [-0.2, -0.15) is 0 Å². The van der Waals surface area contributed by atoms with Crippen LogP contribution in [0, 0.1) is 6.92 Å². The summed E-state index contributed by atoms with van der Waals surface area (Å²) in [5.74, 6) is -0.0443. The highest BCUT2D eigenvalue weighted by Crippen LogP contribution is 2.31. The number of hydrogen-bond acceptors (Lipinski definition) is 6. The maximum absolute atomic E-state index is 13.4. The Labute approximate surface area is 167 Å². The molecule has 6 nitrogen and oxygen atoms in total. The fourth-order valence-corrected chi connectivity index (χ4v) is 5.53. The molecule has 0 spiro atoms. The second-order valence-corrected chi connectivity index (χ2v) is 9.28. The molecule has 1 aliphatic heterocycles. The molecule has 3 rings (SSSR count). The molecular weight excluding hydrogens is 382 g/mol. The summed E-state index contributed by atoms with van der Waals surface area (Å²) in [5.41, 5.74) is 1.07. The quantitative estimate of drug-likeness (QED) is 0.562. The number of fused-ring (bicyclic) bond motifs is 1. The van der Waals surface area contributed by atoms with Gasteiger partial charge in [-0.05, 0) is 45.6 Å². The molecule has 1 fully saturated rings. The van der Waals surface area contributed by atoms with Crippen LogP contribution < -0.4 is 10.9 Å². The molecule has 3 heterocycles. The average molecular weight is 410 g/mol. The number of aryl methyl sites for hydroxylation is 2. The summed E-state index contributed by atoms with van der Waals surface area (Å²) in [6.45, 7) is 9.67. The van der Waals surface area contributed by atoms with Crippen LogP contribution >= 0.6 is 23.1 Å². The Hall–Kier alpha value is -1.38. The van der Waals surface area contributed by atoms with Gasteiger partial charge in [0.05, 0.1) is 23.3 Å². The molecule has 0 unspecified atom stereocenters. The van der Waals surface area contributed by atoms with E-state index >= 15 is 0 Å². The molecule has 2 aromatic heterocycles. The number of carbonyl (C=O) groups excluding carboxylic acids is 1. The molecule has 0 radical (unpaired) electrons. The molecular formula is C19H27N3O3S2. The Bertz CT molecular complexity index is 884. The first-order valence-electron chi connectivity index (χ1n) is 9.55. The molecule has 0 saturated carbocycles. The van der Waals surface area contributed by atoms with Crippen LogP contribution in [0.25, 0.3) is 10.2 Å². The van der Waals surface area contributed by atoms with Crippen LogP contribution in [0.3, 0.4) is 0 Å². The summed E-state index contributed by atoms with van der Waals surface area (Å²) in [5, 5.41) is 3.84. The van der Waals surface area contributed by atoms with Crippen LogP contribution in [-0.4, -0.2) is 40.0 Å². The number of nitrogens with one attached hydrogen (secondary N) is 1. The highest BCUT2D eigenvalue weighted by Gasteiger charge is 2.24. The molecule has 1 amide bonds. The topological polar surface area (TPSA) is 73.2 Å². The Balaban J connectivity index is 2.06. The third-order valence-corrected chi connectivity index (χ3v) is 6.98. The molecule has 0 aliphatic carbocycles. The molecule has 0 aromatic carbocycles. The van der Waals surface area contributed by atoms with Crippen LogP contribution in [0.15, 0.2) is 9.95 Å². The Morgan fingerprint density at radius 3 is 2.89 bits per heavy atom. The number of ether oxygens (including phenoxy) is 1. The van der Waals surface area contributed by atoms with Gasteiger partial charge in [0.1, 0.15) is 4.83 Å². The molecule has 0 bridgehead atoms. The lowest BCUT2D eigenvalue weighted by atomic mass is 10.1. The maximum Gasteiger partial charge on any atom is 0.263 e. The minimum atomic E-state index is -0.322. The van der Waals surface area contributed by atoms with Crippen molar-refractivity contribution >= 4 is 39.2 Å². The second-order valence-electron chi connectivity index (χ2n) is 6.77. The minimum Gasteiger partial charge on any atom is -0.376 e. The van der Waals surface area contributed by atoms with Gasteiger partial charge in [0.15, 0.2) is 5.16 Å². The highest BCUT2D eigenvalue weighted by molar-refractivity contribution is 8.00. The minimum absolute atomic E-state index is 0.0118. The van der Waals surface area contributed by atoms with E-state index in [0.717, 1.165) is 46.5 Å². The van der Waals surface area contributed by atoms with Crippen molar-refractivity contribution < 1.29 is 9.53 Å². The number of thiophene rings is 1. The summed E-state index contributed by atoms with van der Waals surface area (Å²) in [4.78, 5) is 32.3.